The lowest BCUT2D eigenvalue weighted by molar-refractivity contribution is -0.141. The lowest BCUT2D eigenvalue weighted by Gasteiger charge is -2.38. The zero-order valence-electron chi connectivity index (χ0n) is 13.3. The molecule has 0 radical (unpaired) electrons. The molecule has 1 aliphatic carbocycles. The molecule has 0 heterocycles. The Labute approximate surface area is 154 Å². The highest BCUT2D eigenvalue weighted by molar-refractivity contribution is 8.18. The van der Waals surface area contributed by atoms with Gasteiger partial charge >= 0.3 is 6.18 Å². The van der Waals surface area contributed by atoms with Gasteiger partial charge in [-0.05, 0) is 24.3 Å². The number of thioether (sulfide) groups is 2. The van der Waals surface area contributed by atoms with Crippen LogP contribution in [0.2, 0.25) is 0 Å². The summed E-state index contributed by atoms with van der Waals surface area (Å²) in [5.41, 5.74) is 0. The number of benzene rings is 2. The van der Waals surface area contributed by atoms with Gasteiger partial charge in [-0.25, -0.2) is 0 Å². The molecule has 0 N–H and O–H groups in total. The van der Waals surface area contributed by atoms with E-state index in [1.165, 1.54) is 23.5 Å². The minimum Gasteiger partial charge on any atom is -0.171 e. The van der Waals surface area contributed by atoms with Crippen LogP contribution >= 0.6 is 23.5 Å². The molecule has 0 fully saturated rings. The molecular weight excluding hydrogens is 361 g/mol. The molecule has 0 amide bonds. The predicted octanol–water partition coefficient (Wildman–Crippen LogP) is 6.96. The maximum atomic E-state index is 13.2. The highest BCUT2D eigenvalue weighted by Crippen LogP contribution is 2.55. The van der Waals surface area contributed by atoms with Crippen LogP contribution in [-0.2, 0) is 0 Å². The largest absolute Gasteiger partial charge is 0.389 e. The van der Waals surface area contributed by atoms with Crippen molar-refractivity contribution >= 4 is 23.5 Å². The number of allylic oxidation sites excluding steroid dienone is 3. The number of alkyl halides is 3. The van der Waals surface area contributed by atoms with Crippen molar-refractivity contribution in [1.29, 1.82) is 0 Å². The Morgan fingerprint density at radius 1 is 0.800 bits per heavy atom. The first-order chi connectivity index (χ1) is 12.0. The molecule has 130 valence electrons. The molecule has 0 aliphatic heterocycles. The van der Waals surface area contributed by atoms with Gasteiger partial charge in [0.15, 0.2) is 0 Å². The second kappa shape index (κ2) is 7.75. The average molecular weight is 378 g/mol. The quantitative estimate of drug-likeness (QED) is 0.516. The summed E-state index contributed by atoms with van der Waals surface area (Å²) in [4.78, 5) is 1.91. The summed E-state index contributed by atoms with van der Waals surface area (Å²) in [6.07, 6.45) is 2.09. The fraction of sp³-hybridized carbons (Fsp3) is 0.200. The van der Waals surface area contributed by atoms with Gasteiger partial charge in [0, 0.05) is 15.7 Å². The fourth-order valence-corrected chi connectivity index (χ4v) is 5.68. The van der Waals surface area contributed by atoms with Gasteiger partial charge in [-0.3, -0.25) is 0 Å². The number of hydrogen-bond acceptors (Lipinski definition) is 2. The molecule has 1 atom stereocenters. The van der Waals surface area contributed by atoms with E-state index in [2.05, 4.69) is 0 Å². The van der Waals surface area contributed by atoms with Crippen LogP contribution < -0.4 is 0 Å². The van der Waals surface area contributed by atoms with Gasteiger partial charge in [-0.1, -0.05) is 60.7 Å². The van der Waals surface area contributed by atoms with Gasteiger partial charge in [-0.2, -0.15) is 13.2 Å². The second-order valence-electron chi connectivity index (χ2n) is 5.72. The van der Waals surface area contributed by atoms with E-state index in [4.69, 9.17) is 0 Å². The second-order valence-corrected chi connectivity index (χ2v) is 8.68. The summed E-state index contributed by atoms with van der Waals surface area (Å²) in [6.45, 7) is 0. The van der Waals surface area contributed by atoms with Crippen molar-refractivity contribution in [3.8, 4) is 0 Å². The third-order valence-electron chi connectivity index (χ3n) is 3.79. The van der Waals surface area contributed by atoms with Crippen molar-refractivity contribution in [2.75, 3.05) is 0 Å². The van der Waals surface area contributed by atoms with E-state index in [1.54, 1.807) is 12.2 Å². The Hall–Kier alpha value is -1.59. The van der Waals surface area contributed by atoms with Crippen molar-refractivity contribution < 1.29 is 13.2 Å². The van der Waals surface area contributed by atoms with Crippen LogP contribution in [0.4, 0.5) is 13.2 Å². The van der Waals surface area contributed by atoms with Crippen LogP contribution in [0.5, 0.6) is 0 Å². The Morgan fingerprint density at radius 2 is 1.32 bits per heavy atom. The number of halogens is 3. The standard InChI is InChI=1S/C20H17F3S2/c21-20(22,23)15-16-9-7-8-14-19(16,24-17-10-3-1-4-11-17)25-18-12-5-2-6-13-18/h1-14,16H,15H2. The summed E-state index contributed by atoms with van der Waals surface area (Å²) < 4.78 is 38.8. The molecule has 25 heavy (non-hydrogen) atoms. The number of hydrogen-bond donors (Lipinski definition) is 0. The van der Waals surface area contributed by atoms with Gasteiger partial charge in [0.25, 0.3) is 0 Å². The molecule has 3 rings (SSSR count). The van der Waals surface area contributed by atoms with E-state index in [1.807, 2.05) is 72.8 Å². The summed E-state index contributed by atoms with van der Waals surface area (Å²) in [5, 5.41) is 0. The van der Waals surface area contributed by atoms with Gasteiger partial charge in [0.2, 0.25) is 0 Å². The molecule has 2 aromatic rings. The Bertz CT molecular complexity index is 695. The lowest BCUT2D eigenvalue weighted by Crippen LogP contribution is -2.33. The average Bonchev–Trinajstić information content (AvgIpc) is 2.58. The summed E-state index contributed by atoms with van der Waals surface area (Å²) >= 11 is 2.96. The van der Waals surface area contributed by atoms with E-state index in [0.717, 1.165) is 9.79 Å². The first kappa shape index (κ1) is 18.2. The van der Waals surface area contributed by atoms with Crippen molar-refractivity contribution in [2.24, 2.45) is 5.92 Å². The smallest absolute Gasteiger partial charge is 0.171 e. The number of rotatable bonds is 5. The van der Waals surface area contributed by atoms with Crippen molar-refractivity contribution in [1.82, 2.24) is 0 Å². The Morgan fingerprint density at radius 3 is 1.80 bits per heavy atom. The molecule has 2 aromatic carbocycles. The zero-order chi connectivity index (χ0) is 17.8. The minimum atomic E-state index is -4.21. The van der Waals surface area contributed by atoms with Crippen LogP contribution in [-0.4, -0.2) is 10.3 Å². The molecule has 0 saturated heterocycles. The minimum absolute atomic E-state index is 0.645. The molecule has 0 saturated carbocycles. The molecular formula is C20H17F3S2. The van der Waals surface area contributed by atoms with E-state index >= 15 is 0 Å². The molecule has 5 heteroatoms. The monoisotopic (exact) mass is 378 g/mol. The van der Waals surface area contributed by atoms with Crippen LogP contribution in [0.3, 0.4) is 0 Å². The zero-order valence-corrected chi connectivity index (χ0v) is 15.0. The van der Waals surface area contributed by atoms with Crippen LogP contribution in [0.1, 0.15) is 6.42 Å². The topological polar surface area (TPSA) is 0 Å². The van der Waals surface area contributed by atoms with Crippen LogP contribution in [0.15, 0.2) is 94.8 Å². The van der Waals surface area contributed by atoms with Gasteiger partial charge in [0.05, 0.1) is 10.5 Å². The van der Waals surface area contributed by atoms with E-state index < -0.39 is 22.6 Å². The van der Waals surface area contributed by atoms with Gasteiger partial charge in [0.1, 0.15) is 0 Å². The third-order valence-corrected chi connectivity index (χ3v) is 6.82. The molecule has 0 spiro atoms. The van der Waals surface area contributed by atoms with Gasteiger partial charge < -0.3 is 0 Å². The maximum Gasteiger partial charge on any atom is 0.389 e. The first-order valence-corrected chi connectivity index (χ1v) is 9.51. The van der Waals surface area contributed by atoms with Crippen molar-refractivity contribution in [2.45, 2.75) is 26.5 Å². The van der Waals surface area contributed by atoms with E-state index in [9.17, 15) is 13.2 Å². The van der Waals surface area contributed by atoms with Crippen molar-refractivity contribution in [3.05, 3.63) is 85.0 Å². The predicted molar refractivity (Wildman–Crippen MR) is 99.8 cm³/mol. The van der Waals surface area contributed by atoms with Crippen molar-refractivity contribution in [3.63, 3.8) is 0 Å². The molecule has 1 unspecified atom stereocenters. The summed E-state index contributed by atoms with van der Waals surface area (Å²) in [5.74, 6) is -0.645. The molecule has 0 aromatic heterocycles. The van der Waals surface area contributed by atoms with Crippen LogP contribution in [0, 0.1) is 5.92 Å². The van der Waals surface area contributed by atoms with Gasteiger partial charge in [-0.15, -0.1) is 23.5 Å². The summed E-state index contributed by atoms with van der Waals surface area (Å²) in [7, 11) is 0. The first-order valence-electron chi connectivity index (χ1n) is 7.88. The fourth-order valence-electron chi connectivity index (χ4n) is 2.69. The molecule has 0 bridgehead atoms. The van der Waals surface area contributed by atoms with E-state index in [-0.39, 0.29) is 0 Å². The highest BCUT2D eigenvalue weighted by atomic mass is 32.2. The summed E-state index contributed by atoms with van der Waals surface area (Å²) in [6, 6.07) is 19.2. The molecule has 0 nitrogen and oxygen atoms in total. The Kier molecular flexibility index (Phi) is 5.64. The third kappa shape index (κ3) is 4.95. The SMILES string of the molecule is FC(F)(F)CC1C=CC=CC1(Sc1ccccc1)Sc1ccccc1. The lowest BCUT2D eigenvalue weighted by atomic mass is 9.96. The molecule has 1 aliphatic rings. The highest BCUT2D eigenvalue weighted by Gasteiger charge is 2.44. The van der Waals surface area contributed by atoms with E-state index in [0.29, 0.717) is 0 Å². The maximum absolute atomic E-state index is 13.2. The Balaban J connectivity index is 1.97. The normalized spacial score (nSPS) is 19.1. The van der Waals surface area contributed by atoms with Crippen LogP contribution in [0.25, 0.3) is 0 Å².